The molecule has 0 atom stereocenters. The Hall–Kier alpha value is -0.715. The molecule has 0 bridgehead atoms. The topological polar surface area (TPSA) is 0 Å². The first kappa shape index (κ1) is 10.3. The van der Waals surface area contributed by atoms with Crippen molar-refractivity contribution in [2.45, 2.75) is 7.43 Å². The average Bonchev–Trinajstić information content (AvgIpc) is 1.72. The van der Waals surface area contributed by atoms with Crippen molar-refractivity contribution in [1.82, 2.24) is 0 Å². The largest absolute Gasteiger partial charge is 0.0776 e. The standard InChI is InChI=1S/C6H6.CH4.B/c1-2-4-6-5-3-1;;/h1-6H;1H4;. The van der Waals surface area contributed by atoms with Crippen LogP contribution in [0.3, 0.4) is 0 Å². The van der Waals surface area contributed by atoms with Gasteiger partial charge in [-0.15, -0.1) is 0 Å². The predicted molar refractivity (Wildman–Crippen MR) is 38.9 cm³/mol. The molecule has 0 unspecified atom stereocenters. The Bertz CT molecular complexity index is 76.3. The summed E-state index contributed by atoms with van der Waals surface area (Å²) < 4.78 is 0. The van der Waals surface area contributed by atoms with E-state index in [1.54, 1.807) is 0 Å². The van der Waals surface area contributed by atoms with E-state index < -0.39 is 0 Å². The summed E-state index contributed by atoms with van der Waals surface area (Å²) in [6, 6.07) is 12.0. The van der Waals surface area contributed by atoms with Crippen molar-refractivity contribution >= 4 is 8.41 Å². The fourth-order valence-electron chi connectivity index (χ4n) is 0.385. The van der Waals surface area contributed by atoms with E-state index in [0.29, 0.717) is 0 Å². The second-order valence-electron chi connectivity index (χ2n) is 1.15. The van der Waals surface area contributed by atoms with Crippen LogP contribution in [0.25, 0.3) is 0 Å². The average molecular weight is 105 g/mol. The lowest BCUT2D eigenvalue weighted by molar-refractivity contribution is 1.72. The van der Waals surface area contributed by atoms with Crippen molar-refractivity contribution in [1.29, 1.82) is 0 Å². The summed E-state index contributed by atoms with van der Waals surface area (Å²) in [5, 5.41) is 0. The van der Waals surface area contributed by atoms with Gasteiger partial charge in [-0.3, -0.25) is 0 Å². The molecule has 0 spiro atoms. The van der Waals surface area contributed by atoms with Gasteiger partial charge in [0.15, 0.2) is 0 Å². The molecule has 0 amide bonds. The van der Waals surface area contributed by atoms with Crippen molar-refractivity contribution in [2.75, 3.05) is 0 Å². The third-order valence-electron chi connectivity index (χ3n) is 0.667. The van der Waals surface area contributed by atoms with Gasteiger partial charge >= 0.3 is 0 Å². The maximum absolute atomic E-state index is 2.00. The Labute approximate surface area is 53.1 Å². The van der Waals surface area contributed by atoms with Crippen molar-refractivity contribution in [3.63, 3.8) is 0 Å². The summed E-state index contributed by atoms with van der Waals surface area (Å²) in [5.41, 5.74) is 0. The van der Waals surface area contributed by atoms with E-state index in [1.807, 2.05) is 36.4 Å². The highest BCUT2D eigenvalue weighted by molar-refractivity contribution is 5.75. The van der Waals surface area contributed by atoms with E-state index in [1.165, 1.54) is 0 Å². The maximum Gasteiger partial charge on any atom is 0 e. The summed E-state index contributed by atoms with van der Waals surface area (Å²) >= 11 is 0. The van der Waals surface area contributed by atoms with Crippen LogP contribution in [0.2, 0.25) is 0 Å². The van der Waals surface area contributed by atoms with Gasteiger partial charge in [0.25, 0.3) is 0 Å². The molecular weight excluding hydrogens is 94.9 g/mol. The minimum Gasteiger partial charge on any atom is -0.0776 e. The Balaban J connectivity index is 0. The summed E-state index contributed by atoms with van der Waals surface area (Å²) in [7, 11) is 0. The summed E-state index contributed by atoms with van der Waals surface area (Å²) in [4.78, 5) is 0. The normalized spacial score (nSPS) is 6.00. The van der Waals surface area contributed by atoms with Gasteiger partial charge < -0.3 is 0 Å². The molecule has 0 N–H and O–H groups in total. The molecule has 8 heavy (non-hydrogen) atoms. The second-order valence-corrected chi connectivity index (χ2v) is 1.15. The minimum absolute atomic E-state index is 0. The maximum atomic E-state index is 2.00. The van der Waals surface area contributed by atoms with Crippen molar-refractivity contribution in [3.8, 4) is 0 Å². The molecule has 0 aromatic heterocycles. The third-order valence-corrected chi connectivity index (χ3v) is 0.667. The highest BCUT2D eigenvalue weighted by Crippen LogP contribution is 1.79. The lowest BCUT2D eigenvalue weighted by atomic mass is 10.4. The second kappa shape index (κ2) is 6.28. The van der Waals surface area contributed by atoms with Gasteiger partial charge in [0.2, 0.25) is 0 Å². The molecule has 1 heteroatoms. The first-order valence-corrected chi connectivity index (χ1v) is 2.00. The van der Waals surface area contributed by atoms with Gasteiger partial charge in [0.1, 0.15) is 0 Å². The molecule has 0 fully saturated rings. The van der Waals surface area contributed by atoms with Crippen LogP contribution in [0.15, 0.2) is 36.4 Å². The molecule has 3 radical (unpaired) electrons. The van der Waals surface area contributed by atoms with E-state index in [2.05, 4.69) is 0 Å². The summed E-state index contributed by atoms with van der Waals surface area (Å²) in [5.74, 6) is 0. The molecule has 0 saturated carbocycles. The number of rotatable bonds is 0. The number of hydrogen-bond donors (Lipinski definition) is 0. The lowest BCUT2D eigenvalue weighted by Gasteiger charge is -1.69. The van der Waals surface area contributed by atoms with Gasteiger partial charge in [-0.1, -0.05) is 43.8 Å². The first-order valence-electron chi connectivity index (χ1n) is 2.00. The van der Waals surface area contributed by atoms with Gasteiger partial charge in [0, 0.05) is 8.41 Å². The Kier molecular flexibility index (Phi) is 8.09. The molecule has 0 aliphatic carbocycles. The third kappa shape index (κ3) is 3.47. The quantitative estimate of drug-likeness (QED) is 0.442. The molecule has 0 saturated heterocycles. The van der Waals surface area contributed by atoms with Crippen molar-refractivity contribution in [2.24, 2.45) is 0 Å². The smallest absolute Gasteiger partial charge is 0 e. The van der Waals surface area contributed by atoms with Crippen LogP contribution in [0.4, 0.5) is 0 Å². The molecule has 0 nitrogen and oxygen atoms in total. The first-order chi connectivity index (χ1) is 3.00. The summed E-state index contributed by atoms with van der Waals surface area (Å²) in [6.45, 7) is 0. The van der Waals surface area contributed by atoms with E-state index >= 15 is 0 Å². The highest BCUT2D eigenvalue weighted by atomic mass is 13.6. The van der Waals surface area contributed by atoms with Crippen LogP contribution >= 0.6 is 0 Å². The zero-order valence-electron chi connectivity index (χ0n) is 4.04. The Morgan fingerprint density at radius 1 is 0.500 bits per heavy atom. The minimum atomic E-state index is 0. The molecule has 41 valence electrons. The Morgan fingerprint density at radius 3 is 0.750 bits per heavy atom. The monoisotopic (exact) mass is 105 g/mol. The van der Waals surface area contributed by atoms with Crippen molar-refractivity contribution < 1.29 is 0 Å². The Morgan fingerprint density at radius 2 is 0.625 bits per heavy atom. The zero-order chi connectivity index (χ0) is 4.24. The molecule has 0 aliphatic heterocycles. The summed E-state index contributed by atoms with van der Waals surface area (Å²) in [6.07, 6.45) is 0. The van der Waals surface area contributed by atoms with Crippen LogP contribution in [-0.4, -0.2) is 8.41 Å². The van der Waals surface area contributed by atoms with Crippen LogP contribution in [0, 0.1) is 0 Å². The lowest BCUT2D eigenvalue weighted by Crippen LogP contribution is -1.47. The highest BCUT2D eigenvalue weighted by Gasteiger charge is 1.57. The molecule has 0 aliphatic rings. The van der Waals surface area contributed by atoms with E-state index in [9.17, 15) is 0 Å². The van der Waals surface area contributed by atoms with Crippen LogP contribution in [0.5, 0.6) is 0 Å². The SMILES string of the molecule is C.[B].c1ccccc1. The predicted octanol–water partition coefficient (Wildman–Crippen LogP) is 1.94. The molecule has 1 aromatic carbocycles. The number of hydrogen-bond acceptors (Lipinski definition) is 0. The van der Waals surface area contributed by atoms with Gasteiger partial charge in [-0.2, -0.15) is 0 Å². The molecule has 1 rings (SSSR count). The van der Waals surface area contributed by atoms with Crippen molar-refractivity contribution in [3.05, 3.63) is 36.4 Å². The fourth-order valence-corrected chi connectivity index (χ4v) is 0.385. The van der Waals surface area contributed by atoms with Crippen LogP contribution < -0.4 is 0 Å². The van der Waals surface area contributed by atoms with Gasteiger partial charge in [0.05, 0.1) is 0 Å². The van der Waals surface area contributed by atoms with Crippen LogP contribution in [0.1, 0.15) is 7.43 Å². The van der Waals surface area contributed by atoms with Crippen LogP contribution in [-0.2, 0) is 0 Å². The number of benzene rings is 1. The van der Waals surface area contributed by atoms with Gasteiger partial charge in [-0.25, -0.2) is 0 Å². The van der Waals surface area contributed by atoms with E-state index in [-0.39, 0.29) is 15.8 Å². The fraction of sp³-hybridized carbons (Fsp3) is 0.143. The molecule has 1 aromatic rings. The van der Waals surface area contributed by atoms with Gasteiger partial charge in [-0.05, 0) is 0 Å². The molecular formula is C7H10B. The van der Waals surface area contributed by atoms with E-state index in [0.717, 1.165) is 0 Å². The van der Waals surface area contributed by atoms with E-state index in [4.69, 9.17) is 0 Å². The zero-order valence-corrected chi connectivity index (χ0v) is 4.04. The molecule has 0 heterocycles.